The van der Waals surface area contributed by atoms with E-state index in [1.165, 1.54) is 35.6 Å². The zero-order chi connectivity index (χ0) is 19.0. The van der Waals surface area contributed by atoms with Gasteiger partial charge in [-0.05, 0) is 35.9 Å². The van der Waals surface area contributed by atoms with E-state index in [1.807, 2.05) is 0 Å². The Kier molecular flexibility index (Phi) is 4.45. The van der Waals surface area contributed by atoms with Crippen LogP contribution in [-0.2, 0) is 16.6 Å². The Morgan fingerprint density at radius 2 is 1.89 bits per heavy atom. The van der Waals surface area contributed by atoms with E-state index in [9.17, 15) is 12.8 Å². The Bertz CT molecular complexity index is 1120. The van der Waals surface area contributed by atoms with Crippen molar-refractivity contribution in [2.45, 2.75) is 11.4 Å². The second-order valence-corrected chi connectivity index (χ2v) is 8.25. The zero-order valence-corrected chi connectivity index (χ0v) is 15.4. The van der Waals surface area contributed by atoms with Crippen LogP contribution in [0.3, 0.4) is 0 Å². The van der Waals surface area contributed by atoms with Crippen molar-refractivity contribution in [3.05, 3.63) is 60.0 Å². The maximum Gasteiger partial charge on any atom is 0.243 e. The lowest BCUT2D eigenvalue weighted by Crippen LogP contribution is -2.27. The minimum Gasteiger partial charge on any atom is -0.486 e. The maximum atomic E-state index is 13.9. The van der Waals surface area contributed by atoms with Crippen LogP contribution < -0.4 is 9.47 Å². The molecule has 2 heterocycles. The molecule has 4 rings (SSSR count). The highest BCUT2D eigenvalue weighted by Crippen LogP contribution is 2.33. The highest BCUT2D eigenvalue weighted by Gasteiger charge is 2.24. The number of benzene rings is 2. The summed E-state index contributed by atoms with van der Waals surface area (Å²) < 4.78 is 51.9. The molecule has 1 aliphatic heterocycles. The summed E-state index contributed by atoms with van der Waals surface area (Å²) in [5.74, 6) is 0.479. The van der Waals surface area contributed by atoms with E-state index in [0.29, 0.717) is 41.2 Å². The molecule has 0 saturated heterocycles. The smallest absolute Gasteiger partial charge is 0.243 e. The molecule has 8 heteroatoms. The van der Waals surface area contributed by atoms with E-state index >= 15 is 0 Å². The predicted molar refractivity (Wildman–Crippen MR) is 97.8 cm³/mol. The molecule has 0 bridgehead atoms. The maximum absolute atomic E-state index is 13.9. The van der Waals surface area contributed by atoms with Gasteiger partial charge >= 0.3 is 0 Å². The van der Waals surface area contributed by atoms with Gasteiger partial charge in [-0.3, -0.25) is 4.98 Å². The Balaban J connectivity index is 1.67. The summed E-state index contributed by atoms with van der Waals surface area (Å²) in [5, 5.41) is 0.623. The van der Waals surface area contributed by atoms with Crippen molar-refractivity contribution in [2.75, 3.05) is 20.3 Å². The molecule has 2 aromatic carbocycles. The average Bonchev–Trinajstić information content (AvgIpc) is 2.67. The summed E-state index contributed by atoms with van der Waals surface area (Å²) in [6, 6.07) is 10.6. The molecule has 0 spiro atoms. The molecule has 0 saturated carbocycles. The van der Waals surface area contributed by atoms with Gasteiger partial charge in [0, 0.05) is 31.2 Å². The molecular formula is C19H17FN2O4S. The summed E-state index contributed by atoms with van der Waals surface area (Å²) in [4.78, 5) is 4.35. The van der Waals surface area contributed by atoms with E-state index in [0.717, 1.165) is 0 Å². The lowest BCUT2D eigenvalue weighted by molar-refractivity contribution is 0.171. The number of halogens is 1. The standard InChI is InChI=1S/C19H17FN2O4S/c1-22(12-14-10-15(20)9-13-3-2-6-21-19(13)14)27(23,24)16-4-5-17-18(11-16)26-8-7-25-17/h2-6,9-11H,7-8,12H2,1H3. The van der Waals surface area contributed by atoms with Gasteiger partial charge in [0.25, 0.3) is 0 Å². The second-order valence-electron chi connectivity index (χ2n) is 6.21. The number of aromatic nitrogens is 1. The lowest BCUT2D eigenvalue weighted by atomic mass is 10.1. The van der Waals surface area contributed by atoms with Gasteiger partial charge in [-0.25, -0.2) is 12.8 Å². The Hall–Kier alpha value is -2.71. The van der Waals surface area contributed by atoms with E-state index in [1.54, 1.807) is 24.4 Å². The fourth-order valence-corrected chi connectivity index (χ4v) is 4.20. The Labute approximate surface area is 156 Å². The molecule has 3 aromatic rings. The SMILES string of the molecule is CN(Cc1cc(F)cc2cccnc12)S(=O)(=O)c1ccc2c(c1)OCCO2. The summed E-state index contributed by atoms with van der Waals surface area (Å²) >= 11 is 0. The largest absolute Gasteiger partial charge is 0.486 e. The minimum absolute atomic E-state index is 0.0119. The molecule has 0 aliphatic carbocycles. The average molecular weight is 388 g/mol. The third-order valence-corrected chi connectivity index (χ3v) is 6.16. The highest BCUT2D eigenvalue weighted by molar-refractivity contribution is 7.89. The van der Waals surface area contributed by atoms with E-state index < -0.39 is 15.8 Å². The van der Waals surface area contributed by atoms with Crippen molar-refractivity contribution in [3.63, 3.8) is 0 Å². The quantitative estimate of drug-likeness (QED) is 0.687. The molecule has 0 unspecified atom stereocenters. The molecule has 0 fully saturated rings. The zero-order valence-electron chi connectivity index (χ0n) is 14.6. The fourth-order valence-electron chi connectivity index (χ4n) is 3.04. The number of rotatable bonds is 4. The van der Waals surface area contributed by atoms with Gasteiger partial charge in [-0.1, -0.05) is 6.07 Å². The van der Waals surface area contributed by atoms with Crippen LogP contribution >= 0.6 is 0 Å². The number of sulfonamides is 1. The molecule has 1 aromatic heterocycles. The van der Waals surface area contributed by atoms with Gasteiger partial charge in [-0.15, -0.1) is 0 Å². The van der Waals surface area contributed by atoms with Crippen LogP contribution in [0.1, 0.15) is 5.56 Å². The van der Waals surface area contributed by atoms with Crippen LogP contribution in [0.15, 0.2) is 53.6 Å². The first-order chi connectivity index (χ1) is 12.9. The van der Waals surface area contributed by atoms with Gasteiger partial charge in [0.05, 0.1) is 10.4 Å². The van der Waals surface area contributed by atoms with Gasteiger partial charge in [0.2, 0.25) is 10.0 Å². The van der Waals surface area contributed by atoms with E-state index in [4.69, 9.17) is 9.47 Å². The monoisotopic (exact) mass is 388 g/mol. The summed E-state index contributed by atoms with van der Waals surface area (Å²) in [6.07, 6.45) is 1.60. The predicted octanol–water partition coefficient (Wildman–Crippen LogP) is 2.97. The number of fused-ring (bicyclic) bond motifs is 2. The molecule has 0 amide bonds. The van der Waals surface area contributed by atoms with Gasteiger partial charge < -0.3 is 9.47 Å². The van der Waals surface area contributed by atoms with Crippen molar-refractivity contribution < 1.29 is 22.3 Å². The fraction of sp³-hybridized carbons (Fsp3) is 0.211. The number of hydrogen-bond acceptors (Lipinski definition) is 5. The van der Waals surface area contributed by atoms with E-state index in [-0.39, 0.29) is 11.4 Å². The number of hydrogen-bond donors (Lipinski definition) is 0. The first kappa shape index (κ1) is 17.7. The molecule has 140 valence electrons. The van der Waals surface area contributed by atoms with Crippen molar-refractivity contribution in [1.29, 1.82) is 0 Å². The topological polar surface area (TPSA) is 68.7 Å². The van der Waals surface area contributed by atoms with Crippen LogP contribution in [0.5, 0.6) is 11.5 Å². The molecule has 27 heavy (non-hydrogen) atoms. The van der Waals surface area contributed by atoms with Crippen LogP contribution in [0.2, 0.25) is 0 Å². The summed E-state index contributed by atoms with van der Waals surface area (Å²) in [6.45, 7) is 0.786. The Morgan fingerprint density at radius 1 is 1.11 bits per heavy atom. The Morgan fingerprint density at radius 3 is 2.70 bits per heavy atom. The normalized spacial score (nSPS) is 13.9. The van der Waals surface area contributed by atoms with Crippen LogP contribution in [0.4, 0.5) is 4.39 Å². The van der Waals surface area contributed by atoms with Crippen LogP contribution in [0, 0.1) is 5.82 Å². The van der Waals surface area contributed by atoms with Gasteiger partial charge in [-0.2, -0.15) is 4.31 Å². The molecule has 0 N–H and O–H groups in total. The number of pyridine rings is 1. The molecule has 6 nitrogen and oxygen atoms in total. The first-order valence-electron chi connectivity index (χ1n) is 8.34. The van der Waals surface area contributed by atoms with E-state index in [2.05, 4.69) is 4.98 Å². The van der Waals surface area contributed by atoms with Crippen LogP contribution in [-0.4, -0.2) is 38.0 Å². The third kappa shape index (κ3) is 3.33. The van der Waals surface area contributed by atoms with Crippen molar-refractivity contribution in [2.24, 2.45) is 0 Å². The molecular weight excluding hydrogens is 371 g/mol. The summed E-state index contributed by atoms with van der Waals surface area (Å²) in [5.41, 5.74) is 1.07. The van der Waals surface area contributed by atoms with Gasteiger partial charge in [0.15, 0.2) is 11.5 Å². The number of nitrogens with zero attached hydrogens (tertiary/aromatic N) is 2. The van der Waals surface area contributed by atoms with Crippen molar-refractivity contribution in [3.8, 4) is 11.5 Å². The first-order valence-corrected chi connectivity index (χ1v) is 9.78. The number of ether oxygens (including phenoxy) is 2. The minimum atomic E-state index is -3.80. The molecule has 0 radical (unpaired) electrons. The second kappa shape index (κ2) is 6.79. The van der Waals surface area contributed by atoms with Crippen molar-refractivity contribution >= 4 is 20.9 Å². The van der Waals surface area contributed by atoms with Crippen molar-refractivity contribution in [1.82, 2.24) is 9.29 Å². The third-order valence-electron chi connectivity index (χ3n) is 4.36. The van der Waals surface area contributed by atoms with Crippen LogP contribution in [0.25, 0.3) is 10.9 Å². The lowest BCUT2D eigenvalue weighted by Gasteiger charge is -2.21. The molecule has 1 aliphatic rings. The van der Waals surface area contributed by atoms with Gasteiger partial charge in [0.1, 0.15) is 19.0 Å². The molecule has 0 atom stereocenters. The summed E-state index contributed by atoms with van der Waals surface area (Å²) in [7, 11) is -2.35. The highest BCUT2D eigenvalue weighted by atomic mass is 32.2.